The van der Waals surface area contributed by atoms with Crippen LogP contribution >= 0.6 is 0 Å². The van der Waals surface area contributed by atoms with Gasteiger partial charge < -0.3 is 15.2 Å². The van der Waals surface area contributed by atoms with Crippen molar-refractivity contribution >= 4 is 0 Å². The molecule has 4 unspecified atom stereocenters. The van der Waals surface area contributed by atoms with E-state index in [1.54, 1.807) is 0 Å². The van der Waals surface area contributed by atoms with Crippen LogP contribution in [0, 0.1) is 11.3 Å². The lowest BCUT2D eigenvalue weighted by Gasteiger charge is -2.38. The molecule has 3 aliphatic rings. The van der Waals surface area contributed by atoms with E-state index < -0.39 is 0 Å². The molecule has 0 radical (unpaired) electrons. The molecule has 3 saturated heterocycles. The van der Waals surface area contributed by atoms with Gasteiger partial charge in [0.15, 0.2) is 0 Å². The van der Waals surface area contributed by atoms with Gasteiger partial charge in [0.2, 0.25) is 0 Å². The normalized spacial score (nSPS) is 51.6. The van der Waals surface area contributed by atoms with Crippen LogP contribution in [-0.4, -0.2) is 32.0 Å². The van der Waals surface area contributed by atoms with E-state index in [9.17, 15) is 0 Å². The second kappa shape index (κ2) is 3.19. The van der Waals surface area contributed by atoms with E-state index in [-0.39, 0.29) is 5.41 Å². The molecule has 2 bridgehead atoms. The highest BCUT2D eigenvalue weighted by molar-refractivity contribution is 5.05. The molecule has 0 aromatic carbocycles. The second-order valence-electron chi connectivity index (χ2n) is 5.03. The van der Waals surface area contributed by atoms with Crippen molar-refractivity contribution in [2.24, 2.45) is 17.1 Å². The molecule has 0 amide bonds. The third kappa shape index (κ3) is 1.09. The second-order valence-corrected chi connectivity index (χ2v) is 5.03. The Morgan fingerprint density at radius 1 is 1.29 bits per heavy atom. The molecule has 4 atom stereocenters. The molecule has 3 heterocycles. The van der Waals surface area contributed by atoms with Crippen molar-refractivity contribution in [1.29, 1.82) is 0 Å². The van der Waals surface area contributed by atoms with Gasteiger partial charge in [-0.1, -0.05) is 0 Å². The first-order valence-corrected chi connectivity index (χ1v) is 5.78. The fourth-order valence-corrected chi connectivity index (χ4v) is 3.63. The Hall–Kier alpha value is -0.120. The van der Waals surface area contributed by atoms with Gasteiger partial charge in [-0.3, -0.25) is 0 Å². The molecule has 3 heteroatoms. The molecule has 0 spiro atoms. The maximum atomic E-state index is 6.00. The summed E-state index contributed by atoms with van der Waals surface area (Å²) >= 11 is 0. The van der Waals surface area contributed by atoms with Crippen molar-refractivity contribution in [2.45, 2.75) is 37.9 Å². The van der Waals surface area contributed by atoms with Crippen LogP contribution in [-0.2, 0) is 9.47 Å². The highest BCUT2D eigenvalue weighted by atomic mass is 16.5. The summed E-state index contributed by atoms with van der Waals surface area (Å²) in [6.45, 7) is 2.61. The molecule has 0 aliphatic carbocycles. The fraction of sp³-hybridized carbons (Fsp3) is 1.00. The van der Waals surface area contributed by atoms with Crippen LogP contribution in [0.1, 0.15) is 25.7 Å². The molecule has 0 aromatic heterocycles. The van der Waals surface area contributed by atoms with Crippen molar-refractivity contribution in [2.75, 3.05) is 19.8 Å². The van der Waals surface area contributed by atoms with Gasteiger partial charge in [-0.25, -0.2) is 0 Å². The largest absolute Gasteiger partial charge is 0.381 e. The first kappa shape index (κ1) is 9.13. The third-order valence-electron chi connectivity index (χ3n) is 4.48. The first-order valence-electron chi connectivity index (χ1n) is 5.78. The predicted molar refractivity (Wildman–Crippen MR) is 52.9 cm³/mol. The maximum absolute atomic E-state index is 6.00. The summed E-state index contributed by atoms with van der Waals surface area (Å²) in [5.74, 6) is 0.655. The average Bonchev–Trinajstić information content (AvgIpc) is 2.93. The quantitative estimate of drug-likeness (QED) is 0.716. The van der Waals surface area contributed by atoms with Gasteiger partial charge in [0.25, 0.3) is 0 Å². The van der Waals surface area contributed by atoms with Crippen LogP contribution in [0.25, 0.3) is 0 Å². The number of nitrogens with two attached hydrogens (primary N) is 1. The number of fused-ring (bicyclic) bond motifs is 2. The summed E-state index contributed by atoms with van der Waals surface area (Å²) in [7, 11) is 0. The Morgan fingerprint density at radius 2 is 2.21 bits per heavy atom. The summed E-state index contributed by atoms with van der Waals surface area (Å²) in [5, 5.41) is 0. The molecule has 14 heavy (non-hydrogen) atoms. The molecular weight excluding hydrogens is 178 g/mol. The average molecular weight is 197 g/mol. The molecule has 3 fully saturated rings. The standard InChI is InChI=1S/C11H19NO2/c12-7-11(8-3-4-13-6-8)5-9-1-2-10(11)14-9/h8-10H,1-7,12H2. The van der Waals surface area contributed by atoms with E-state index in [0.717, 1.165) is 19.8 Å². The lowest BCUT2D eigenvalue weighted by Crippen LogP contribution is -2.46. The third-order valence-corrected chi connectivity index (χ3v) is 4.48. The number of ether oxygens (including phenoxy) is 2. The van der Waals surface area contributed by atoms with Crippen LogP contribution < -0.4 is 5.73 Å². The number of hydrogen-bond donors (Lipinski definition) is 1. The van der Waals surface area contributed by atoms with Gasteiger partial charge in [0.05, 0.1) is 18.8 Å². The van der Waals surface area contributed by atoms with Crippen LogP contribution in [0.3, 0.4) is 0 Å². The molecule has 0 saturated carbocycles. The Balaban J connectivity index is 1.84. The number of rotatable bonds is 2. The zero-order chi connectivity index (χ0) is 9.60. The fourth-order valence-electron chi connectivity index (χ4n) is 3.63. The van der Waals surface area contributed by atoms with Crippen molar-refractivity contribution in [1.82, 2.24) is 0 Å². The molecule has 80 valence electrons. The van der Waals surface area contributed by atoms with Gasteiger partial charge in [0, 0.05) is 18.6 Å². The summed E-state index contributed by atoms with van der Waals surface area (Å²) in [5.41, 5.74) is 6.26. The molecule has 3 rings (SSSR count). The molecule has 3 aliphatic heterocycles. The SMILES string of the molecule is NCC1(C2CCOC2)CC2CCC1O2. The van der Waals surface area contributed by atoms with E-state index in [4.69, 9.17) is 15.2 Å². The minimum atomic E-state index is 0.263. The predicted octanol–water partition coefficient (Wildman–Crippen LogP) is 0.919. The highest BCUT2D eigenvalue weighted by Crippen LogP contribution is 2.53. The van der Waals surface area contributed by atoms with Crippen molar-refractivity contribution in [3.8, 4) is 0 Å². The number of hydrogen-bond acceptors (Lipinski definition) is 3. The molecule has 3 nitrogen and oxygen atoms in total. The molecule has 0 aromatic rings. The minimum absolute atomic E-state index is 0.263. The van der Waals surface area contributed by atoms with Crippen molar-refractivity contribution in [3.63, 3.8) is 0 Å². The topological polar surface area (TPSA) is 44.5 Å². The summed E-state index contributed by atoms with van der Waals surface area (Å²) in [6.07, 6.45) is 5.78. The van der Waals surface area contributed by atoms with Gasteiger partial charge in [0.1, 0.15) is 0 Å². The van der Waals surface area contributed by atoms with E-state index in [0.29, 0.717) is 18.1 Å². The van der Waals surface area contributed by atoms with Gasteiger partial charge in [-0.2, -0.15) is 0 Å². The lowest BCUT2D eigenvalue weighted by atomic mass is 9.65. The lowest BCUT2D eigenvalue weighted by molar-refractivity contribution is 0.0277. The van der Waals surface area contributed by atoms with Crippen LogP contribution in [0.2, 0.25) is 0 Å². The van der Waals surface area contributed by atoms with Crippen LogP contribution in [0.15, 0.2) is 0 Å². The Bertz CT molecular complexity index is 227. The molecule has 2 N–H and O–H groups in total. The van der Waals surface area contributed by atoms with Crippen LogP contribution in [0.4, 0.5) is 0 Å². The smallest absolute Gasteiger partial charge is 0.0652 e. The summed E-state index contributed by atoms with van der Waals surface area (Å²) in [6, 6.07) is 0. The van der Waals surface area contributed by atoms with E-state index in [2.05, 4.69) is 0 Å². The van der Waals surface area contributed by atoms with E-state index in [1.807, 2.05) is 0 Å². The van der Waals surface area contributed by atoms with Gasteiger partial charge in [-0.15, -0.1) is 0 Å². The molecular formula is C11H19NO2. The highest BCUT2D eigenvalue weighted by Gasteiger charge is 2.55. The van der Waals surface area contributed by atoms with Crippen molar-refractivity contribution < 1.29 is 9.47 Å². The zero-order valence-corrected chi connectivity index (χ0v) is 8.58. The monoisotopic (exact) mass is 197 g/mol. The van der Waals surface area contributed by atoms with Crippen LogP contribution in [0.5, 0.6) is 0 Å². The van der Waals surface area contributed by atoms with Gasteiger partial charge in [-0.05, 0) is 31.6 Å². The summed E-state index contributed by atoms with van der Waals surface area (Å²) in [4.78, 5) is 0. The Labute approximate surface area is 84.9 Å². The Morgan fingerprint density at radius 3 is 2.71 bits per heavy atom. The van der Waals surface area contributed by atoms with Gasteiger partial charge >= 0.3 is 0 Å². The maximum Gasteiger partial charge on any atom is 0.0652 e. The van der Waals surface area contributed by atoms with E-state index >= 15 is 0 Å². The summed E-state index contributed by atoms with van der Waals surface area (Å²) < 4.78 is 11.4. The zero-order valence-electron chi connectivity index (χ0n) is 8.58. The van der Waals surface area contributed by atoms with Crippen molar-refractivity contribution in [3.05, 3.63) is 0 Å². The first-order chi connectivity index (χ1) is 6.85. The Kier molecular flexibility index (Phi) is 2.08. The van der Waals surface area contributed by atoms with E-state index in [1.165, 1.54) is 25.7 Å². The minimum Gasteiger partial charge on any atom is -0.381 e.